The van der Waals surface area contributed by atoms with Crippen LogP contribution in [-0.4, -0.2) is 23.5 Å². The number of aliphatic carboxylic acids is 1. The highest BCUT2D eigenvalue weighted by Crippen LogP contribution is 2.10. The number of carbonyl (C=O) groups is 2. The summed E-state index contributed by atoms with van der Waals surface area (Å²) in [4.78, 5) is 22.1. The first kappa shape index (κ1) is 16.1. The zero-order valence-electron chi connectivity index (χ0n) is 11.2. The Labute approximate surface area is 115 Å². The third kappa shape index (κ3) is 5.77. The summed E-state index contributed by atoms with van der Waals surface area (Å²) in [5, 5.41) is 11.1. The second-order valence-electron chi connectivity index (χ2n) is 4.74. The maximum absolute atomic E-state index is 12.9. The Hall–Kier alpha value is -1.98. The van der Waals surface area contributed by atoms with Gasteiger partial charge in [0.15, 0.2) is 0 Å². The highest BCUT2D eigenvalue weighted by molar-refractivity contribution is 5.94. The van der Waals surface area contributed by atoms with E-state index in [1.807, 2.05) is 6.92 Å². The molecular formula is C14H17F2NO3. The Bertz CT molecular complexity index is 471. The molecule has 0 heterocycles. The van der Waals surface area contributed by atoms with Gasteiger partial charge in [-0.25, -0.2) is 8.78 Å². The van der Waals surface area contributed by atoms with Crippen molar-refractivity contribution in [1.82, 2.24) is 5.32 Å². The van der Waals surface area contributed by atoms with Crippen molar-refractivity contribution < 1.29 is 23.5 Å². The zero-order chi connectivity index (χ0) is 15.1. The molecule has 6 heteroatoms. The van der Waals surface area contributed by atoms with Gasteiger partial charge in [-0.1, -0.05) is 6.92 Å². The summed E-state index contributed by atoms with van der Waals surface area (Å²) < 4.78 is 25.9. The molecule has 1 aromatic carbocycles. The number of carboxylic acids is 1. The Morgan fingerprint density at radius 1 is 1.20 bits per heavy atom. The molecule has 0 radical (unpaired) electrons. The monoisotopic (exact) mass is 285 g/mol. The minimum atomic E-state index is -0.851. The van der Waals surface area contributed by atoms with Gasteiger partial charge >= 0.3 is 5.97 Å². The maximum atomic E-state index is 12.9. The average molecular weight is 285 g/mol. The number of benzene rings is 1. The lowest BCUT2D eigenvalue weighted by molar-refractivity contribution is -0.137. The molecule has 0 spiro atoms. The van der Waals surface area contributed by atoms with E-state index in [0.29, 0.717) is 25.5 Å². The molecule has 0 bridgehead atoms. The molecule has 0 saturated carbocycles. The first-order valence-corrected chi connectivity index (χ1v) is 6.34. The molecule has 0 aromatic heterocycles. The van der Waals surface area contributed by atoms with Crippen LogP contribution in [0.15, 0.2) is 18.2 Å². The van der Waals surface area contributed by atoms with Crippen LogP contribution in [0.25, 0.3) is 0 Å². The van der Waals surface area contributed by atoms with Crippen molar-refractivity contribution in [3.05, 3.63) is 35.4 Å². The zero-order valence-corrected chi connectivity index (χ0v) is 11.2. The second-order valence-corrected chi connectivity index (χ2v) is 4.74. The first-order valence-electron chi connectivity index (χ1n) is 6.34. The highest BCUT2D eigenvalue weighted by atomic mass is 19.1. The van der Waals surface area contributed by atoms with Gasteiger partial charge in [0.2, 0.25) is 0 Å². The lowest BCUT2D eigenvalue weighted by Crippen LogP contribution is -2.26. The van der Waals surface area contributed by atoms with Crippen molar-refractivity contribution in [3.63, 3.8) is 0 Å². The van der Waals surface area contributed by atoms with Gasteiger partial charge in [0, 0.05) is 24.6 Å². The van der Waals surface area contributed by atoms with Crippen molar-refractivity contribution in [2.75, 3.05) is 6.54 Å². The largest absolute Gasteiger partial charge is 0.481 e. The predicted molar refractivity (Wildman–Crippen MR) is 69.3 cm³/mol. The van der Waals surface area contributed by atoms with Crippen molar-refractivity contribution >= 4 is 11.9 Å². The lowest BCUT2D eigenvalue weighted by Gasteiger charge is -2.11. The number of nitrogens with one attached hydrogen (secondary N) is 1. The summed E-state index contributed by atoms with van der Waals surface area (Å²) >= 11 is 0. The van der Waals surface area contributed by atoms with Gasteiger partial charge in [0.1, 0.15) is 11.6 Å². The third-order valence-electron chi connectivity index (χ3n) is 2.90. The fourth-order valence-corrected chi connectivity index (χ4v) is 1.73. The van der Waals surface area contributed by atoms with Crippen molar-refractivity contribution in [3.8, 4) is 0 Å². The van der Waals surface area contributed by atoms with Crippen molar-refractivity contribution in [2.24, 2.45) is 5.92 Å². The molecule has 1 atom stereocenters. The minimum absolute atomic E-state index is 0.0688. The van der Waals surface area contributed by atoms with Crippen LogP contribution in [0.2, 0.25) is 0 Å². The van der Waals surface area contributed by atoms with Gasteiger partial charge < -0.3 is 10.4 Å². The number of hydrogen-bond donors (Lipinski definition) is 2. The van der Waals surface area contributed by atoms with E-state index < -0.39 is 23.5 Å². The van der Waals surface area contributed by atoms with Gasteiger partial charge in [-0.3, -0.25) is 9.59 Å². The number of hydrogen-bond acceptors (Lipinski definition) is 2. The molecule has 0 aliphatic rings. The van der Waals surface area contributed by atoms with Gasteiger partial charge in [-0.2, -0.15) is 0 Å². The van der Waals surface area contributed by atoms with Crippen LogP contribution in [0.3, 0.4) is 0 Å². The maximum Gasteiger partial charge on any atom is 0.303 e. The molecule has 0 fully saturated rings. The molecular weight excluding hydrogens is 268 g/mol. The molecule has 0 aliphatic carbocycles. The third-order valence-corrected chi connectivity index (χ3v) is 2.90. The van der Waals surface area contributed by atoms with E-state index in [0.717, 1.165) is 12.1 Å². The van der Waals surface area contributed by atoms with E-state index in [1.54, 1.807) is 0 Å². The standard InChI is InChI=1S/C14H17F2NO3/c1-9(2-3-13(18)19)4-5-17-14(20)10-6-11(15)8-12(16)7-10/h6-9H,2-5H2,1H3,(H,17,20)(H,18,19). The normalized spacial score (nSPS) is 11.9. The summed E-state index contributed by atoms with van der Waals surface area (Å²) in [6.45, 7) is 2.22. The molecule has 20 heavy (non-hydrogen) atoms. The highest BCUT2D eigenvalue weighted by Gasteiger charge is 2.10. The smallest absolute Gasteiger partial charge is 0.303 e. The van der Waals surface area contributed by atoms with Crippen LogP contribution in [0, 0.1) is 17.6 Å². The first-order chi connectivity index (χ1) is 9.38. The SMILES string of the molecule is CC(CCNC(=O)c1cc(F)cc(F)c1)CCC(=O)O. The average Bonchev–Trinajstić information content (AvgIpc) is 2.35. The Morgan fingerprint density at radius 3 is 2.35 bits per heavy atom. The van der Waals surface area contributed by atoms with E-state index >= 15 is 0 Å². The van der Waals surface area contributed by atoms with E-state index in [4.69, 9.17) is 5.11 Å². The van der Waals surface area contributed by atoms with Crippen LogP contribution in [0.5, 0.6) is 0 Å². The quantitative estimate of drug-likeness (QED) is 0.809. The molecule has 4 nitrogen and oxygen atoms in total. The molecule has 0 saturated heterocycles. The summed E-state index contributed by atoms with van der Waals surface area (Å²) in [6, 6.07) is 2.63. The number of amides is 1. The summed E-state index contributed by atoms with van der Waals surface area (Å²) in [7, 11) is 0. The summed E-state index contributed by atoms with van der Waals surface area (Å²) in [5.41, 5.74) is -0.0688. The molecule has 0 aliphatic heterocycles. The predicted octanol–water partition coefficient (Wildman–Crippen LogP) is 2.59. The Balaban J connectivity index is 2.38. The van der Waals surface area contributed by atoms with Crippen molar-refractivity contribution in [2.45, 2.75) is 26.2 Å². The van der Waals surface area contributed by atoms with Crippen LogP contribution >= 0.6 is 0 Å². The van der Waals surface area contributed by atoms with E-state index in [2.05, 4.69) is 5.32 Å². The molecule has 1 amide bonds. The lowest BCUT2D eigenvalue weighted by atomic mass is 10.0. The number of rotatable bonds is 7. The van der Waals surface area contributed by atoms with Gasteiger partial charge in [0.05, 0.1) is 0 Å². The topological polar surface area (TPSA) is 66.4 Å². The molecule has 110 valence electrons. The Morgan fingerprint density at radius 2 is 1.80 bits per heavy atom. The van der Waals surface area contributed by atoms with Gasteiger partial charge in [-0.15, -0.1) is 0 Å². The van der Waals surface area contributed by atoms with Gasteiger partial charge in [-0.05, 0) is 30.9 Å². The number of carbonyl (C=O) groups excluding carboxylic acids is 1. The second kappa shape index (κ2) is 7.57. The summed E-state index contributed by atoms with van der Waals surface area (Å²) in [6.07, 6.45) is 1.22. The number of halogens is 2. The van der Waals surface area contributed by atoms with Crippen LogP contribution in [-0.2, 0) is 4.79 Å². The van der Waals surface area contributed by atoms with Gasteiger partial charge in [0.25, 0.3) is 5.91 Å². The van der Waals surface area contributed by atoms with Crippen LogP contribution < -0.4 is 5.32 Å². The molecule has 1 aromatic rings. The Kier molecular flexibility index (Phi) is 6.09. The number of carboxylic acid groups (broad SMARTS) is 1. The molecule has 1 unspecified atom stereocenters. The van der Waals surface area contributed by atoms with Crippen LogP contribution in [0.1, 0.15) is 36.5 Å². The minimum Gasteiger partial charge on any atom is -0.481 e. The summed E-state index contributed by atoms with van der Waals surface area (Å²) in [5.74, 6) is -2.85. The van der Waals surface area contributed by atoms with Crippen LogP contribution in [0.4, 0.5) is 8.78 Å². The fraction of sp³-hybridized carbons (Fsp3) is 0.429. The van der Waals surface area contributed by atoms with E-state index in [1.165, 1.54) is 0 Å². The fourth-order valence-electron chi connectivity index (χ4n) is 1.73. The molecule has 2 N–H and O–H groups in total. The van der Waals surface area contributed by atoms with Crippen molar-refractivity contribution in [1.29, 1.82) is 0 Å². The molecule has 1 rings (SSSR count). The van der Waals surface area contributed by atoms with E-state index in [9.17, 15) is 18.4 Å². The van der Waals surface area contributed by atoms with E-state index in [-0.39, 0.29) is 17.9 Å².